The van der Waals surface area contributed by atoms with Crippen LogP contribution < -0.4 is 15.5 Å². The molecule has 0 radical (unpaired) electrons. The van der Waals surface area contributed by atoms with Gasteiger partial charge in [0.1, 0.15) is 0 Å². The van der Waals surface area contributed by atoms with Crippen molar-refractivity contribution < 1.29 is 9.59 Å². The van der Waals surface area contributed by atoms with Crippen LogP contribution in [0, 0.1) is 13.8 Å². The number of benzene rings is 3. The Morgan fingerprint density at radius 3 is 2.37 bits per heavy atom. The SMILES string of the molecule is Cc1ccc(C(=O)N2CCc3ccc(NC(=O)Nc4ccc(C)cc4Cl)cc32)cc1. The third-order valence-corrected chi connectivity index (χ3v) is 5.47. The molecular formula is C24H22ClN3O2. The molecule has 0 saturated heterocycles. The van der Waals surface area contributed by atoms with Crippen LogP contribution in [0.15, 0.2) is 60.7 Å². The summed E-state index contributed by atoms with van der Waals surface area (Å²) in [7, 11) is 0. The van der Waals surface area contributed by atoms with Crippen molar-refractivity contribution in [3.63, 3.8) is 0 Å². The smallest absolute Gasteiger partial charge is 0.308 e. The van der Waals surface area contributed by atoms with E-state index < -0.39 is 6.03 Å². The van der Waals surface area contributed by atoms with Gasteiger partial charge in [-0.2, -0.15) is 0 Å². The molecule has 30 heavy (non-hydrogen) atoms. The fourth-order valence-corrected chi connectivity index (χ4v) is 3.81. The van der Waals surface area contributed by atoms with Gasteiger partial charge in [-0.3, -0.25) is 4.79 Å². The topological polar surface area (TPSA) is 61.4 Å². The van der Waals surface area contributed by atoms with Gasteiger partial charge in [-0.25, -0.2) is 4.79 Å². The minimum Gasteiger partial charge on any atom is -0.308 e. The summed E-state index contributed by atoms with van der Waals surface area (Å²) in [5.41, 5.74) is 5.84. The van der Waals surface area contributed by atoms with Gasteiger partial charge in [-0.05, 0) is 67.8 Å². The Morgan fingerprint density at radius 1 is 0.900 bits per heavy atom. The van der Waals surface area contributed by atoms with Crippen LogP contribution in [0.4, 0.5) is 21.9 Å². The minimum atomic E-state index is -0.393. The van der Waals surface area contributed by atoms with E-state index in [0.29, 0.717) is 28.5 Å². The van der Waals surface area contributed by atoms with E-state index in [1.54, 1.807) is 17.0 Å². The lowest BCUT2D eigenvalue weighted by Gasteiger charge is -2.18. The fraction of sp³-hybridized carbons (Fsp3) is 0.167. The normalized spacial score (nSPS) is 12.4. The van der Waals surface area contributed by atoms with Crippen LogP contribution >= 0.6 is 11.6 Å². The summed E-state index contributed by atoms with van der Waals surface area (Å²) in [6.07, 6.45) is 0.790. The highest BCUT2D eigenvalue weighted by atomic mass is 35.5. The molecule has 0 unspecified atom stereocenters. The Kier molecular flexibility index (Phi) is 5.46. The van der Waals surface area contributed by atoms with E-state index in [1.807, 2.05) is 62.4 Å². The molecule has 152 valence electrons. The maximum atomic E-state index is 13.0. The van der Waals surface area contributed by atoms with Crippen molar-refractivity contribution >= 4 is 40.6 Å². The first kappa shape index (κ1) is 20.0. The zero-order valence-corrected chi connectivity index (χ0v) is 17.6. The number of carbonyl (C=O) groups is 2. The number of nitrogens with zero attached hydrogens (tertiary/aromatic N) is 1. The van der Waals surface area contributed by atoms with Crippen LogP contribution in [0.2, 0.25) is 5.02 Å². The Labute approximate surface area is 180 Å². The van der Waals surface area contributed by atoms with Gasteiger partial charge in [0.2, 0.25) is 0 Å². The Hall–Kier alpha value is -3.31. The predicted molar refractivity (Wildman–Crippen MR) is 122 cm³/mol. The summed E-state index contributed by atoms with van der Waals surface area (Å²) in [5.74, 6) is -0.0400. The van der Waals surface area contributed by atoms with Gasteiger partial charge < -0.3 is 15.5 Å². The zero-order valence-electron chi connectivity index (χ0n) is 16.8. The van der Waals surface area contributed by atoms with Gasteiger partial charge in [0.25, 0.3) is 5.91 Å². The second-order valence-corrected chi connectivity index (χ2v) is 7.89. The highest BCUT2D eigenvalue weighted by Crippen LogP contribution is 2.32. The van der Waals surface area contributed by atoms with Gasteiger partial charge in [-0.1, -0.05) is 41.4 Å². The van der Waals surface area contributed by atoms with Crippen LogP contribution in [0.5, 0.6) is 0 Å². The molecule has 3 amide bonds. The molecule has 0 aromatic heterocycles. The van der Waals surface area contributed by atoms with Crippen molar-refractivity contribution in [2.45, 2.75) is 20.3 Å². The molecule has 0 aliphatic carbocycles. The summed E-state index contributed by atoms with van der Waals surface area (Å²) >= 11 is 6.19. The zero-order chi connectivity index (χ0) is 21.3. The van der Waals surface area contributed by atoms with E-state index in [-0.39, 0.29) is 5.91 Å². The number of amides is 3. The molecule has 1 aliphatic heterocycles. The van der Waals surface area contributed by atoms with Gasteiger partial charge in [-0.15, -0.1) is 0 Å². The summed E-state index contributed by atoms with van der Waals surface area (Å²) in [5, 5.41) is 6.06. The van der Waals surface area contributed by atoms with E-state index in [0.717, 1.165) is 28.8 Å². The summed E-state index contributed by atoms with van der Waals surface area (Å²) in [6.45, 7) is 4.55. The molecule has 6 heteroatoms. The molecule has 4 rings (SSSR count). The lowest BCUT2D eigenvalue weighted by atomic mass is 10.1. The first-order valence-corrected chi connectivity index (χ1v) is 10.1. The van der Waals surface area contributed by atoms with E-state index in [1.165, 1.54) is 0 Å². The quantitative estimate of drug-likeness (QED) is 0.563. The number of halogens is 1. The number of aryl methyl sites for hydroxylation is 2. The average molecular weight is 420 g/mol. The van der Waals surface area contributed by atoms with Crippen LogP contribution in [0.25, 0.3) is 0 Å². The Balaban J connectivity index is 1.50. The van der Waals surface area contributed by atoms with Crippen molar-refractivity contribution in [3.05, 3.63) is 87.9 Å². The number of nitrogens with one attached hydrogen (secondary N) is 2. The second kappa shape index (κ2) is 8.20. The third kappa shape index (κ3) is 4.16. The van der Waals surface area contributed by atoms with Crippen molar-refractivity contribution in [2.75, 3.05) is 22.1 Å². The van der Waals surface area contributed by atoms with E-state index in [2.05, 4.69) is 10.6 Å². The maximum Gasteiger partial charge on any atom is 0.323 e. The molecule has 0 spiro atoms. The molecule has 0 bridgehead atoms. The number of hydrogen-bond donors (Lipinski definition) is 2. The molecule has 1 aliphatic rings. The minimum absolute atomic E-state index is 0.0400. The largest absolute Gasteiger partial charge is 0.323 e. The molecule has 0 atom stereocenters. The van der Waals surface area contributed by atoms with Gasteiger partial charge >= 0.3 is 6.03 Å². The molecular weight excluding hydrogens is 398 g/mol. The first-order valence-electron chi connectivity index (χ1n) is 9.76. The lowest BCUT2D eigenvalue weighted by Crippen LogP contribution is -2.29. The third-order valence-electron chi connectivity index (χ3n) is 5.16. The molecule has 3 aromatic rings. The number of anilines is 3. The average Bonchev–Trinajstić information content (AvgIpc) is 3.13. The highest BCUT2D eigenvalue weighted by Gasteiger charge is 2.26. The van der Waals surface area contributed by atoms with E-state index in [9.17, 15) is 9.59 Å². The van der Waals surface area contributed by atoms with Crippen molar-refractivity contribution in [2.24, 2.45) is 0 Å². The number of fused-ring (bicyclic) bond motifs is 1. The van der Waals surface area contributed by atoms with Crippen molar-refractivity contribution in [1.82, 2.24) is 0 Å². The van der Waals surface area contributed by atoms with E-state index in [4.69, 9.17) is 11.6 Å². The Morgan fingerprint density at radius 2 is 1.63 bits per heavy atom. The first-order chi connectivity index (χ1) is 14.4. The maximum absolute atomic E-state index is 13.0. The molecule has 2 N–H and O–H groups in total. The number of rotatable bonds is 3. The van der Waals surface area contributed by atoms with E-state index >= 15 is 0 Å². The van der Waals surface area contributed by atoms with Gasteiger partial charge in [0.05, 0.1) is 10.7 Å². The number of carbonyl (C=O) groups excluding carboxylic acids is 2. The highest BCUT2D eigenvalue weighted by molar-refractivity contribution is 6.33. The molecule has 5 nitrogen and oxygen atoms in total. The molecule has 1 heterocycles. The lowest BCUT2D eigenvalue weighted by molar-refractivity contribution is 0.0989. The standard InChI is InChI=1S/C24H22ClN3O2/c1-15-3-6-18(7-4-15)23(29)28-12-11-17-8-9-19(14-22(17)28)26-24(30)27-21-10-5-16(2)13-20(21)25/h3-10,13-14H,11-12H2,1-2H3,(H2,26,27,30). The summed E-state index contributed by atoms with van der Waals surface area (Å²) in [4.78, 5) is 27.2. The number of urea groups is 1. The number of hydrogen-bond acceptors (Lipinski definition) is 2. The van der Waals surface area contributed by atoms with Crippen LogP contribution in [-0.4, -0.2) is 18.5 Å². The van der Waals surface area contributed by atoms with Crippen LogP contribution in [0.3, 0.4) is 0 Å². The van der Waals surface area contributed by atoms with Crippen molar-refractivity contribution in [1.29, 1.82) is 0 Å². The molecule has 0 fully saturated rings. The van der Waals surface area contributed by atoms with Crippen LogP contribution in [-0.2, 0) is 6.42 Å². The summed E-state index contributed by atoms with van der Waals surface area (Å²) in [6, 6.07) is 18.2. The second-order valence-electron chi connectivity index (χ2n) is 7.48. The van der Waals surface area contributed by atoms with Crippen molar-refractivity contribution in [3.8, 4) is 0 Å². The van der Waals surface area contributed by atoms with Gasteiger partial charge in [0.15, 0.2) is 0 Å². The monoisotopic (exact) mass is 419 g/mol. The molecule has 3 aromatic carbocycles. The van der Waals surface area contributed by atoms with Crippen LogP contribution in [0.1, 0.15) is 27.0 Å². The summed E-state index contributed by atoms with van der Waals surface area (Å²) < 4.78 is 0. The predicted octanol–water partition coefficient (Wildman–Crippen LogP) is 5.80. The Bertz CT molecular complexity index is 1130. The fourth-order valence-electron chi connectivity index (χ4n) is 3.53. The van der Waals surface area contributed by atoms with Gasteiger partial charge in [0, 0.05) is 23.5 Å². The molecule has 0 saturated carbocycles.